The van der Waals surface area contributed by atoms with Gasteiger partial charge in [0.2, 0.25) is 11.8 Å². The Morgan fingerprint density at radius 1 is 0.893 bits per heavy atom. The van der Waals surface area contributed by atoms with Crippen LogP contribution in [0.4, 0.5) is 0 Å². The van der Waals surface area contributed by atoms with Gasteiger partial charge in [0.05, 0.1) is 12.5 Å². The van der Waals surface area contributed by atoms with Crippen LogP contribution in [-0.4, -0.2) is 46.2 Å². The molecule has 7 heteroatoms. The number of nitrogens with one attached hydrogen (secondary N) is 2. The molecule has 2 aromatic carbocycles. The van der Waals surface area contributed by atoms with Crippen molar-refractivity contribution in [2.75, 3.05) is 0 Å². The maximum absolute atomic E-state index is 12.7. The monoisotopic (exact) mass is 384 g/mol. The van der Waals surface area contributed by atoms with Crippen molar-refractivity contribution in [2.24, 2.45) is 0 Å². The van der Waals surface area contributed by atoms with Gasteiger partial charge in [0.1, 0.15) is 6.04 Å². The van der Waals surface area contributed by atoms with Crippen LogP contribution in [0.15, 0.2) is 60.7 Å². The number of hydrogen-bond acceptors (Lipinski definition) is 4. The van der Waals surface area contributed by atoms with Gasteiger partial charge in [0, 0.05) is 6.42 Å². The summed E-state index contributed by atoms with van der Waals surface area (Å²) in [6.07, 6.45) is -0.990. The molecule has 2 amide bonds. The van der Waals surface area contributed by atoms with Crippen molar-refractivity contribution in [1.29, 1.82) is 0 Å². The molecule has 0 aliphatic carbocycles. The lowest BCUT2D eigenvalue weighted by Gasteiger charge is -2.23. The van der Waals surface area contributed by atoms with E-state index >= 15 is 0 Å². The predicted octanol–water partition coefficient (Wildman–Crippen LogP) is 0.907. The van der Waals surface area contributed by atoms with Crippen molar-refractivity contribution < 1.29 is 24.6 Å². The minimum absolute atomic E-state index is 0.0954. The van der Waals surface area contributed by atoms with E-state index in [0.717, 1.165) is 11.1 Å². The Hall–Kier alpha value is -3.19. The molecule has 1 unspecified atom stereocenters. The van der Waals surface area contributed by atoms with E-state index < -0.39 is 30.1 Å². The van der Waals surface area contributed by atoms with Gasteiger partial charge >= 0.3 is 5.97 Å². The number of carbonyl (C=O) groups excluding carboxylic acids is 2. The Balaban J connectivity index is 2.12. The molecule has 0 aromatic heterocycles. The zero-order valence-electron chi connectivity index (χ0n) is 15.5. The molecule has 148 valence electrons. The first-order chi connectivity index (χ1) is 13.4. The summed E-state index contributed by atoms with van der Waals surface area (Å²) in [4.78, 5) is 36.3. The minimum atomic E-state index is -1.46. The smallest absolute Gasteiger partial charge is 0.328 e. The number of carboxylic acid groups (broad SMARTS) is 1. The molecule has 0 saturated heterocycles. The number of aliphatic carboxylic acids is 1. The first-order valence-electron chi connectivity index (χ1n) is 8.95. The molecular formula is C21H24N2O5. The number of aliphatic hydroxyl groups is 1. The summed E-state index contributed by atoms with van der Waals surface area (Å²) in [5.74, 6) is -2.37. The van der Waals surface area contributed by atoms with Crippen LogP contribution in [0.5, 0.6) is 0 Å². The third kappa shape index (κ3) is 6.51. The van der Waals surface area contributed by atoms with E-state index in [0.29, 0.717) is 0 Å². The van der Waals surface area contributed by atoms with Crippen molar-refractivity contribution >= 4 is 17.8 Å². The van der Waals surface area contributed by atoms with Crippen molar-refractivity contribution in [3.8, 4) is 0 Å². The van der Waals surface area contributed by atoms with Crippen molar-refractivity contribution in [1.82, 2.24) is 10.6 Å². The van der Waals surface area contributed by atoms with Crippen molar-refractivity contribution in [3.63, 3.8) is 0 Å². The molecule has 0 bridgehead atoms. The van der Waals surface area contributed by atoms with Gasteiger partial charge < -0.3 is 20.8 Å². The first kappa shape index (κ1) is 21.1. The number of benzene rings is 2. The Morgan fingerprint density at radius 2 is 1.43 bits per heavy atom. The molecule has 0 spiro atoms. The van der Waals surface area contributed by atoms with E-state index in [2.05, 4.69) is 10.6 Å². The van der Waals surface area contributed by atoms with E-state index in [1.165, 1.54) is 6.92 Å². The predicted molar refractivity (Wildman–Crippen MR) is 103 cm³/mol. The molecule has 0 saturated carbocycles. The standard InChI is InChI=1S/C21H24N2O5/c1-14(24)19(21(27)28)23-20(26)17(12-15-8-4-2-5-9-15)22-18(25)13-16-10-6-3-7-11-16/h2-11,14,17,19,24H,12-13H2,1H3,(H,22,25)(H,23,26)(H,27,28)/t14?,17-,19-/m0/s1. The molecule has 7 nitrogen and oxygen atoms in total. The number of hydrogen-bond donors (Lipinski definition) is 4. The maximum atomic E-state index is 12.7. The van der Waals surface area contributed by atoms with E-state index in [1.807, 2.05) is 48.5 Å². The highest BCUT2D eigenvalue weighted by molar-refractivity contribution is 5.91. The summed E-state index contributed by atoms with van der Waals surface area (Å²) in [5.41, 5.74) is 1.61. The fourth-order valence-corrected chi connectivity index (χ4v) is 2.73. The lowest BCUT2D eigenvalue weighted by Crippen LogP contribution is -2.55. The van der Waals surface area contributed by atoms with Gasteiger partial charge in [-0.25, -0.2) is 4.79 Å². The van der Waals surface area contributed by atoms with Crippen LogP contribution in [0.3, 0.4) is 0 Å². The highest BCUT2D eigenvalue weighted by Gasteiger charge is 2.29. The minimum Gasteiger partial charge on any atom is -0.480 e. The van der Waals surface area contributed by atoms with Crippen LogP contribution in [0, 0.1) is 0 Å². The molecule has 4 N–H and O–H groups in total. The van der Waals surface area contributed by atoms with Crippen LogP contribution in [0.1, 0.15) is 18.1 Å². The van der Waals surface area contributed by atoms with E-state index in [4.69, 9.17) is 0 Å². The normalized spacial score (nSPS) is 13.8. The fraction of sp³-hybridized carbons (Fsp3) is 0.286. The number of amides is 2. The molecular weight excluding hydrogens is 360 g/mol. The number of aliphatic hydroxyl groups excluding tert-OH is 1. The largest absolute Gasteiger partial charge is 0.480 e. The zero-order chi connectivity index (χ0) is 20.5. The molecule has 0 heterocycles. The lowest BCUT2D eigenvalue weighted by molar-refractivity contribution is -0.145. The molecule has 28 heavy (non-hydrogen) atoms. The summed E-state index contributed by atoms with van der Waals surface area (Å²) < 4.78 is 0. The van der Waals surface area contributed by atoms with Crippen LogP contribution in [-0.2, 0) is 27.2 Å². The van der Waals surface area contributed by atoms with Crippen LogP contribution in [0.25, 0.3) is 0 Å². The highest BCUT2D eigenvalue weighted by atomic mass is 16.4. The van der Waals surface area contributed by atoms with Gasteiger partial charge in [-0.05, 0) is 18.1 Å². The Bertz CT molecular complexity index is 793. The molecule has 3 atom stereocenters. The molecule has 0 aliphatic heterocycles. The van der Waals surface area contributed by atoms with Gasteiger partial charge in [0.25, 0.3) is 0 Å². The van der Waals surface area contributed by atoms with E-state index in [9.17, 15) is 24.6 Å². The third-order valence-electron chi connectivity index (χ3n) is 4.19. The average molecular weight is 384 g/mol. The quantitative estimate of drug-likeness (QED) is 0.513. The third-order valence-corrected chi connectivity index (χ3v) is 4.19. The second kappa shape index (κ2) is 10.2. The van der Waals surface area contributed by atoms with Gasteiger partial charge in [0.15, 0.2) is 6.04 Å². The summed E-state index contributed by atoms with van der Waals surface area (Å²) in [5, 5.41) is 23.7. The summed E-state index contributed by atoms with van der Waals surface area (Å²) in [6, 6.07) is 15.7. The SMILES string of the molecule is CC(O)[C@H](NC(=O)[C@H](Cc1ccccc1)NC(=O)Cc1ccccc1)C(=O)O. The topological polar surface area (TPSA) is 116 Å². The molecule has 2 rings (SSSR count). The summed E-state index contributed by atoms with van der Waals surface area (Å²) in [7, 11) is 0. The fourth-order valence-electron chi connectivity index (χ4n) is 2.73. The maximum Gasteiger partial charge on any atom is 0.328 e. The number of carbonyl (C=O) groups is 3. The molecule has 0 fully saturated rings. The van der Waals surface area contributed by atoms with Crippen LogP contribution >= 0.6 is 0 Å². The number of carboxylic acids is 1. The summed E-state index contributed by atoms with van der Waals surface area (Å²) >= 11 is 0. The molecule has 2 aromatic rings. The first-order valence-corrected chi connectivity index (χ1v) is 8.95. The van der Waals surface area contributed by atoms with Crippen molar-refractivity contribution in [2.45, 2.75) is 38.0 Å². The highest BCUT2D eigenvalue weighted by Crippen LogP contribution is 2.06. The Labute approximate surface area is 163 Å². The van der Waals surface area contributed by atoms with Gasteiger partial charge in [-0.3, -0.25) is 9.59 Å². The lowest BCUT2D eigenvalue weighted by atomic mass is 10.0. The van der Waals surface area contributed by atoms with Crippen molar-refractivity contribution in [3.05, 3.63) is 71.8 Å². The van der Waals surface area contributed by atoms with Gasteiger partial charge in [-0.2, -0.15) is 0 Å². The number of rotatable bonds is 9. The van der Waals surface area contributed by atoms with Crippen LogP contribution in [0.2, 0.25) is 0 Å². The molecule has 0 aliphatic rings. The Morgan fingerprint density at radius 3 is 1.93 bits per heavy atom. The van der Waals surface area contributed by atoms with E-state index in [-0.39, 0.29) is 18.7 Å². The van der Waals surface area contributed by atoms with Gasteiger partial charge in [-0.15, -0.1) is 0 Å². The Kier molecular flexibility index (Phi) is 7.71. The zero-order valence-corrected chi connectivity index (χ0v) is 15.5. The second-order valence-electron chi connectivity index (χ2n) is 6.54. The van der Waals surface area contributed by atoms with E-state index in [1.54, 1.807) is 12.1 Å². The van der Waals surface area contributed by atoms with Gasteiger partial charge in [-0.1, -0.05) is 60.7 Å². The average Bonchev–Trinajstić information content (AvgIpc) is 2.66. The second-order valence-corrected chi connectivity index (χ2v) is 6.54. The van der Waals surface area contributed by atoms with Crippen LogP contribution < -0.4 is 10.6 Å². The summed E-state index contributed by atoms with van der Waals surface area (Å²) in [6.45, 7) is 1.28. The molecule has 0 radical (unpaired) electrons.